The van der Waals surface area contributed by atoms with E-state index in [-0.39, 0.29) is 23.9 Å². The Morgan fingerprint density at radius 3 is 2.61 bits per heavy atom. The molecule has 2 rings (SSSR count). The van der Waals surface area contributed by atoms with E-state index in [1.165, 1.54) is 18.2 Å². The molecular formula is C12H17FN2O2S. The fraction of sp³-hybridized carbons (Fsp3) is 0.500. The first kappa shape index (κ1) is 13.5. The van der Waals surface area contributed by atoms with Gasteiger partial charge in [0.1, 0.15) is 5.82 Å². The molecule has 100 valence electrons. The maximum absolute atomic E-state index is 13.4. The summed E-state index contributed by atoms with van der Waals surface area (Å²) in [5, 5.41) is 0. The number of sulfonamides is 1. The van der Waals surface area contributed by atoms with E-state index in [0.29, 0.717) is 5.92 Å². The van der Waals surface area contributed by atoms with Crippen molar-refractivity contribution in [1.82, 2.24) is 4.72 Å². The molecule has 0 saturated heterocycles. The third-order valence-electron chi connectivity index (χ3n) is 3.08. The van der Waals surface area contributed by atoms with Crippen LogP contribution in [0.4, 0.5) is 4.39 Å². The monoisotopic (exact) mass is 272 g/mol. The zero-order valence-electron chi connectivity index (χ0n) is 9.97. The molecule has 0 aliphatic heterocycles. The topological polar surface area (TPSA) is 72.2 Å². The van der Waals surface area contributed by atoms with E-state index >= 15 is 0 Å². The lowest BCUT2D eigenvalue weighted by atomic mass is 10.2. The molecule has 1 saturated carbocycles. The minimum absolute atomic E-state index is 0.177. The molecular weight excluding hydrogens is 255 g/mol. The second kappa shape index (κ2) is 5.34. The molecule has 1 aromatic carbocycles. The first-order valence-corrected chi connectivity index (χ1v) is 7.60. The molecule has 1 aliphatic carbocycles. The van der Waals surface area contributed by atoms with Gasteiger partial charge in [0, 0.05) is 18.2 Å². The predicted octanol–water partition coefficient (Wildman–Crippen LogP) is 0.982. The van der Waals surface area contributed by atoms with Gasteiger partial charge in [-0.15, -0.1) is 0 Å². The Kier molecular flexibility index (Phi) is 3.99. The predicted molar refractivity (Wildman–Crippen MR) is 67.7 cm³/mol. The molecule has 0 amide bonds. The van der Waals surface area contributed by atoms with Crippen molar-refractivity contribution in [3.8, 4) is 0 Å². The van der Waals surface area contributed by atoms with E-state index in [9.17, 15) is 12.8 Å². The van der Waals surface area contributed by atoms with E-state index in [1.54, 1.807) is 6.07 Å². The number of hydrogen-bond donors (Lipinski definition) is 2. The fourth-order valence-electron chi connectivity index (χ4n) is 1.93. The van der Waals surface area contributed by atoms with Gasteiger partial charge in [0.25, 0.3) is 0 Å². The van der Waals surface area contributed by atoms with Crippen molar-refractivity contribution in [1.29, 1.82) is 0 Å². The number of hydrogen-bond acceptors (Lipinski definition) is 3. The number of rotatable bonds is 6. The van der Waals surface area contributed by atoms with Gasteiger partial charge in [0.15, 0.2) is 0 Å². The smallest absolute Gasteiger partial charge is 0.216 e. The summed E-state index contributed by atoms with van der Waals surface area (Å²) in [4.78, 5) is 0. The van der Waals surface area contributed by atoms with Gasteiger partial charge >= 0.3 is 0 Å². The molecule has 0 radical (unpaired) electrons. The van der Waals surface area contributed by atoms with Gasteiger partial charge in [-0.1, -0.05) is 18.2 Å². The highest BCUT2D eigenvalue weighted by atomic mass is 32.2. The Labute approximate surface area is 106 Å². The van der Waals surface area contributed by atoms with Crippen molar-refractivity contribution in [3.05, 3.63) is 35.6 Å². The van der Waals surface area contributed by atoms with Gasteiger partial charge in [0.05, 0.1) is 5.75 Å². The van der Waals surface area contributed by atoms with Gasteiger partial charge in [-0.2, -0.15) is 0 Å². The zero-order chi connectivity index (χ0) is 13.2. The van der Waals surface area contributed by atoms with Crippen LogP contribution in [0.5, 0.6) is 0 Å². The molecule has 0 bridgehead atoms. The van der Waals surface area contributed by atoms with Gasteiger partial charge in [-0.3, -0.25) is 0 Å². The van der Waals surface area contributed by atoms with Crippen LogP contribution in [0.1, 0.15) is 18.4 Å². The average molecular weight is 272 g/mol. The molecule has 3 N–H and O–H groups in total. The lowest BCUT2D eigenvalue weighted by molar-refractivity contribution is 0.517. The molecule has 1 aromatic rings. The Hall–Kier alpha value is -0.980. The maximum Gasteiger partial charge on any atom is 0.216 e. The maximum atomic E-state index is 13.4. The van der Waals surface area contributed by atoms with Crippen LogP contribution in [-0.4, -0.2) is 21.0 Å². The normalized spacial score (nSPS) is 17.7. The Balaban J connectivity index is 2.05. The quantitative estimate of drug-likeness (QED) is 0.811. The first-order valence-electron chi connectivity index (χ1n) is 5.95. The highest BCUT2D eigenvalue weighted by molar-refractivity contribution is 7.88. The third-order valence-corrected chi connectivity index (χ3v) is 4.43. The van der Waals surface area contributed by atoms with Crippen LogP contribution in [0.15, 0.2) is 24.3 Å². The van der Waals surface area contributed by atoms with Crippen molar-refractivity contribution in [3.63, 3.8) is 0 Å². The SMILES string of the molecule is NCC(NS(=O)(=O)Cc1ccccc1F)C1CC1. The summed E-state index contributed by atoms with van der Waals surface area (Å²) in [5.74, 6) is -0.507. The summed E-state index contributed by atoms with van der Waals surface area (Å²) >= 11 is 0. The van der Waals surface area contributed by atoms with E-state index in [1.807, 2.05) is 0 Å². The fourth-order valence-corrected chi connectivity index (χ4v) is 3.40. The van der Waals surface area contributed by atoms with Crippen molar-refractivity contribution in [2.75, 3.05) is 6.54 Å². The number of benzene rings is 1. The van der Waals surface area contributed by atoms with Crippen LogP contribution >= 0.6 is 0 Å². The second-order valence-electron chi connectivity index (χ2n) is 4.65. The Morgan fingerprint density at radius 1 is 1.39 bits per heavy atom. The average Bonchev–Trinajstić information content (AvgIpc) is 3.13. The Morgan fingerprint density at radius 2 is 2.06 bits per heavy atom. The van der Waals surface area contributed by atoms with Gasteiger partial charge in [-0.05, 0) is 24.8 Å². The van der Waals surface area contributed by atoms with Crippen LogP contribution < -0.4 is 10.5 Å². The van der Waals surface area contributed by atoms with Crippen molar-refractivity contribution in [2.24, 2.45) is 11.7 Å². The molecule has 4 nitrogen and oxygen atoms in total. The zero-order valence-corrected chi connectivity index (χ0v) is 10.8. The van der Waals surface area contributed by atoms with E-state index < -0.39 is 15.8 Å². The van der Waals surface area contributed by atoms with Crippen LogP contribution in [0.3, 0.4) is 0 Å². The van der Waals surface area contributed by atoms with Crippen LogP contribution in [0, 0.1) is 11.7 Å². The molecule has 1 fully saturated rings. The summed E-state index contributed by atoms with van der Waals surface area (Å²) in [5.41, 5.74) is 5.72. The largest absolute Gasteiger partial charge is 0.329 e. The Bertz CT molecular complexity index is 515. The van der Waals surface area contributed by atoms with E-state index in [0.717, 1.165) is 12.8 Å². The summed E-state index contributed by atoms with van der Waals surface area (Å²) in [7, 11) is -3.54. The minimum atomic E-state index is -3.54. The minimum Gasteiger partial charge on any atom is -0.329 e. The summed E-state index contributed by atoms with van der Waals surface area (Å²) in [6, 6.07) is 5.66. The first-order chi connectivity index (χ1) is 8.52. The van der Waals surface area contributed by atoms with Crippen molar-refractivity contribution in [2.45, 2.75) is 24.6 Å². The molecule has 1 atom stereocenters. The standard InChI is InChI=1S/C12H17FN2O2S/c13-11-4-2-1-3-10(11)8-18(16,17)15-12(7-14)9-5-6-9/h1-4,9,12,15H,5-8,14H2. The van der Waals surface area contributed by atoms with Crippen molar-refractivity contribution < 1.29 is 12.8 Å². The molecule has 0 spiro atoms. The molecule has 1 aliphatic rings. The molecule has 18 heavy (non-hydrogen) atoms. The number of nitrogens with two attached hydrogens (primary N) is 1. The lowest BCUT2D eigenvalue weighted by Gasteiger charge is -2.16. The molecule has 0 heterocycles. The third kappa shape index (κ3) is 3.51. The summed E-state index contributed by atoms with van der Waals surface area (Å²) in [6.45, 7) is 0.279. The van der Waals surface area contributed by atoms with Gasteiger partial charge in [0.2, 0.25) is 10.0 Å². The molecule has 6 heteroatoms. The van der Waals surface area contributed by atoms with Crippen molar-refractivity contribution >= 4 is 10.0 Å². The van der Waals surface area contributed by atoms with Crippen LogP contribution in [0.25, 0.3) is 0 Å². The molecule has 1 unspecified atom stereocenters. The highest BCUT2D eigenvalue weighted by Crippen LogP contribution is 2.32. The van der Waals surface area contributed by atoms with E-state index in [4.69, 9.17) is 5.73 Å². The second-order valence-corrected chi connectivity index (χ2v) is 6.40. The van der Waals surface area contributed by atoms with E-state index in [2.05, 4.69) is 4.72 Å². The summed E-state index contributed by atoms with van der Waals surface area (Å²) < 4.78 is 39.8. The van der Waals surface area contributed by atoms with Gasteiger partial charge in [-0.25, -0.2) is 17.5 Å². The molecule has 0 aromatic heterocycles. The van der Waals surface area contributed by atoms with Gasteiger partial charge < -0.3 is 5.73 Å². The highest BCUT2D eigenvalue weighted by Gasteiger charge is 2.33. The van der Waals surface area contributed by atoms with Crippen LogP contribution in [0.2, 0.25) is 0 Å². The number of halogens is 1. The van der Waals surface area contributed by atoms with Crippen LogP contribution in [-0.2, 0) is 15.8 Å². The lowest BCUT2D eigenvalue weighted by Crippen LogP contribution is -2.42. The number of nitrogens with one attached hydrogen (secondary N) is 1. The summed E-state index contributed by atoms with van der Waals surface area (Å²) in [6.07, 6.45) is 2.01.